The molecule has 114 valence electrons. The van der Waals surface area contributed by atoms with Crippen LogP contribution in [0.1, 0.15) is 57.2 Å². The van der Waals surface area contributed by atoms with Crippen molar-refractivity contribution in [2.75, 3.05) is 19.8 Å². The van der Waals surface area contributed by atoms with Gasteiger partial charge in [0.2, 0.25) is 0 Å². The number of hydrogen-bond acceptors (Lipinski definition) is 3. The van der Waals surface area contributed by atoms with Gasteiger partial charge >= 0.3 is 0 Å². The molecule has 0 saturated heterocycles. The van der Waals surface area contributed by atoms with Crippen LogP contribution in [0.15, 0.2) is 0 Å². The maximum atomic E-state index is 5.69. The molecule has 0 spiro atoms. The number of ether oxygens (including phenoxy) is 1. The summed E-state index contributed by atoms with van der Waals surface area (Å²) in [7, 11) is 0. The van der Waals surface area contributed by atoms with Gasteiger partial charge in [-0.2, -0.15) is 0 Å². The Morgan fingerprint density at radius 1 is 1.30 bits per heavy atom. The van der Waals surface area contributed by atoms with Crippen molar-refractivity contribution in [2.45, 2.75) is 59.5 Å². The number of nitrogens with zero attached hydrogens (tertiary/aromatic N) is 2. The molecule has 1 aromatic heterocycles. The van der Waals surface area contributed by atoms with Gasteiger partial charge in [0.1, 0.15) is 5.82 Å². The van der Waals surface area contributed by atoms with Gasteiger partial charge in [0.15, 0.2) is 0 Å². The van der Waals surface area contributed by atoms with Crippen LogP contribution in [0.3, 0.4) is 0 Å². The molecule has 4 heteroatoms. The zero-order chi connectivity index (χ0) is 14.5. The molecule has 0 aliphatic carbocycles. The average molecular weight is 279 g/mol. The molecule has 20 heavy (non-hydrogen) atoms. The average Bonchev–Trinajstić information content (AvgIpc) is 2.77. The van der Waals surface area contributed by atoms with Crippen molar-refractivity contribution in [2.24, 2.45) is 5.92 Å². The van der Waals surface area contributed by atoms with Crippen LogP contribution in [-0.2, 0) is 24.2 Å². The molecule has 1 aliphatic heterocycles. The highest BCUT2D eigenvalue weighted by Gasteiger charge is 2.20. The summed E-state index contributed by atoms with van der Waals surface area (Å²) < 4.78 is 8.14. The molecule has 1 aliphatic rings. The maximum absolute atomic E-state index is 5.69. The minimum Gasteiger partial charge on any atom is -0.381 e. The van der Waals surface area contributed by atoms with Crippen molar-refractivity contribution < 1.29 is 4.74 Å². The lowest BCUT2D eigenvalue weighted by atomic mass is 10.1. The van der Waals surface area contributed by atoms with Crippen molar-refractivity contribution in [1.29, 1.82) is 0 Å². The summed E-state index contributed by atoms with van der Waals surface area (Å²) in [5.41, 5.74) is 2.69. The Labute approximate surface area is 122 Å². The summed E-state index contributed by atoms with van der Waals surface area (Å²) in [6.45, 7) is 13.6. The summed E-state index contributed by atoms with van der Waals surface area (Å²) in [6.07, 6.45) is 2.17. The Bertz CT molecular complexity index is 424. The van der Waals surface area contributed by atoms with Crippen LogP contribution in [0.25, 0.3) is 0 Å². The third kappa shape index (κ3) is 3.83. The van der Waals surface area contributed by atoms with E-state index in [1.54, 1.807) is 0 Å². The Hall–Kier alpha value is -0.870. The molecule has 0 saturated carbocycles. The number of aromatic nitrogens is 2. The van der Waals surface area contributed by atoms with E-state index in [0.717, 1.165) is 45.7 Å². The molecule has 0 bridgehead atoms. The molecular weight excluding hydrogens is 250 g/mol. The zero-order valence-corrected chi connectivity index (χ0v) is 13.4. The second kappa shape index (κ2) is 7.23. The zero-order valence-electron chi connectivity index (χ0n) is 13.4. The normalized spacial score (nSPS) is 15.1. The molecule has 2 heterocycles. The van der Waals surface area contributed by atoms with E-state index in [-0.39, 0.29) is 0 Å². The molecule has 0 amide bonds. The van der Waals surface area contributed by atoms with Gasteiger partial charge in [0, 0.05) is 50.9 Å². The highest BCUT2D eigenvalue weighted by Crippen LogP contribution is 2.22. The Morgan fingerprint density at radius 3 is 2.80 bits per heavy atom. The van der Waals surface area contributed by atoms with Gasteiger partial charge in [-0.25, -0.2) is 4.98 Å². The SMILES string of the molecule is CC(C)COCCCn1c(C(C)C)nc2c1CCNC2. The van der Waals surface area contributed by atoms with Crippen molar-refractivity contribution in [1.82, 2.24) is 14.9 Å². The van der Waals surface area contributed by atoms with E-state index in [1.807, 2.05) is 0 Å². The maximum Gasteiger partial charge on any atom is 0.111 e. The van der Waals surface area contributed by atoms with E-state index in [2.05, 4.69) is 37.6 Å². The van der Waals surface area contributed by atoms with Gasteiger partial charge in [-0.05, 0) is 12.3 Å². The predicted molar refractivity (Wildman–Crippen MR) is 82.0 cm³/mol. The lowest BCUT2D eigenvalue weighted by molar-refractivity contribution is 0.105. The molecule has 0 fully saturated rings. The topological polar surface area (TPSA) is 39.1 Å². The Kier molecular flexibility index (Phi) is 5.61. The third-order valence-corrected chi connectivity index (χ3v) is 3.65. The fourth-order valence-corrected chi connectivity index (χ4v) is 2.73. The molecule has 0 unspecified atom stereocenters. The minimum absolute atomic E-state index is 0.484. The lowest BCUT2D eigenvalue weighted by Gasteiger charge is -2.17. The van der Waals surface area contributed by atoms with E-state index in [4.69, 9.17) is 9.72 Å². The van der Waals surface area contributed by atoms with E-state index in [1.165, 1.54) is 17.2 Å². The van der Waals surface area contributed by atoms with Crippen LogP contribution in [0.4, 0.5) is 0 Å². The first-order chi connectivity index (χ1) is 9.59. The quantitative estimate of drug-likeness (QED) is 0.780. The van der Waals surface area contributed by atoms with Crippen molar-refractivity contribution >= 4 is 0 Å². The van der Waals surface area contributed by atoms with Gasteiger partial charge in [0.05, 0.1) is 5.69 Å². The first kappa shape index (κ1) is 15.5. The molecule has 2 rings (SSSR count). The summed E-state index contributed by atoms with van der Waals surface area (Å²) in [5, 5.41) is 3.41. The third-order valence-electron chi connectivity index (χ3n) is 3.65. The van der Waals surface area contributed by atoms with Crippen LogP contribution in [0.2, 0.25) is 0 Å². The van der Waals surface area contributed by atoms with Gasteiger partial charge < -0.3 is 14.6 Å². The van der Waals surface area contributed by atoms with Crippen LogP contribution in [-0.4, -0.2) is 29.3 Å². The molecule has 1 aromatic rings. The largest absolute Gasteiger partial charge is 0.381 e. The predicted octanol–water partition coefficient (Wildman–Crippen LogP) is 2.71. The Balaban J connectivity index is 1.97. The molecule has 1 N–H and O–H groups in total. The van der Waals surface area contributed by atoms with Crippen LogP contribution in [0, 0.1) is 5.92 Å². The first-order valence-corrected chi connectivity index (χ1v) is 7.96. The van der Waals surface area contributed by atoms with Crippen molar-refractivity contribution in [3.8, 4) is 0 Å². The van der Waals surface area contributed by atoms with E-state index in [9.17, 15) is 0 Å². The van der Waals surface area contributed by atoms with Crippen molar-refractivity contribution in [3.63, 3.8) is 0 Å². The Morgan fingerprint density at radius 2 is 2.10 bits per heavy atom. The summed E-state index contributed by atoms with van der Waals surface area (Å²) in [5.74, 6) is 2.34. The molecule has 4 nitrogen and oxygen atoms in total. The highest BCUT2D eigenvalue weighted by molar-refractivity contribution is 5.21. The monoisotopic (exact) mass is 279 g/mol. The number of rotatable bonds is 7. The number of nitrogens with one attached hydrogen (secondary N) is 1. The smallest absolute Gasteiger partial charge is 0.111 e. The second-order valence-corrected chi connectivity index (χ2v) is 6.42. The summed E-state index contributed by atoms with van der Waals surface area (Å²) in [6, 6.07) is 0. The standard InChI is InChI=1S/C16H29N3O/c1-12(2)11-20-9-5-8-19-15-6-7-17-10-14(15)18-16(19)13(3)4/h12-13,17H,5-11H2,1-4H3. The van der Waals surface area contributed by atoms with Crippen LogP contribution in [0.5, 0.6) is 0 Å². The van der Waals surface area contributed by atoms with E-state index in [0.29, 0.717) is 11.8 Å². The number of fused-ring (bicyclic) bond motifs is 1. The van der Waals surface area contributed by atoms with Crippen molar-refractivity contribution in [3.05, 3.63) is 17.2 Å². The highest BCUT2D eigenvalue weighted by atomic mass is 16.5. The lowest BCUT2D eigenvalue weighted by Crippen LogP contribution is -2.25. The summed E-state index contributed by atoms with van der Waals surface area (Å²) in [4.78, 5) is 4.84. The molecular formula is C16H29N3O. The molecule has 0 radical (unpaired) electrons. The second-order valence-electron chi connectivity index (χ2n) is 6.42. The minimum atomic E-state index is 0.484. The summed E-state index contributed by atoms with van der Waals surface area (Å²) >= 11 is 0. The molecule has 0 atom stereocenters. The fourth-order valence-electron chi connectivity index (χ4n) is 2.73. The van der Waals surface area contributed by atoms with Crippen LogP contribution < -0.4 is 5.32 Å². The van der Waals surface area contributed by atoms with Gasteiger partial charge in [0.25, 0.3) is 0 Å². The van der Waals surface area contributed by atoms with Gasteiger partial charge in [-0.15, -0.1) is 0 Å². The van der Waals surface area contributed by atoms with Gasteiger partial charge in [-0.3, -0.25) is 0 Å². The fraction of sp³-hybridized carbons (Fsp3) is 0.812. The van der Waals surface area contributed by atoms with E-state index >= 15 is 0 Å². The van der Waals surface area contributed by atoms with E-state index < -0.39 is 0 Å². The first-order valence-electron chi connectivity index (χ1n) is 7.96. The van der Waals surface area contributed by atoms with Crippen LogP contribution >= 0.6 is 0 Å². The number of imidazole rings is 1. The molecule has 0 aromatic carbocycles. The number of hydrogen-bond donors (Lipinski definition) is 1. The van der Waals surface area contributed by atoms with Gasteiger partial charge in [-0.1, -0.05) is 27.7 Å².